The first-order chi connectivity index (χ1) is 17.1. The Morgan fingerprint density at radius 3 is 2.44 bits per heavy atom. The SMILES string of the molecule is CCOP(=O)(OCC)C(C#N)C(CCC(=O)N(CCC(C)(C)C)C(C)c1ncc[nH]1)C1CCOCC1. The van der Waals surface area contributed by atoms with E-state index in [0.717, 1.165) is 25.1 Å². The maximum absolute atomic E-state index is 13.7. The number of H-pyrrole nitrogens is 1. The minimum absolute atomic E-state index is 0.000415. The van der Waals surface area contributed by atoms with E-state index in [2.05, 4.69) is 36.8 Å². The quantitative estimate of drug-likeness (QED) is 0.309. The molecule has 2 rings (SSSR count). The van der Waals surface area contributed by atoms with Crippen molar-refractivity contribution in [3.8, 4) is 6.07 Å². The normalized spacial score (nSPS) is 17.8. The van der Waals surface area contributed by atoms with Gasteiger partial charge in [-0.25, -0.2) is 4.98 Å². The third-order valence-electron chi connectivity index (χ3n) is 6.87. The standard InChI is InChI=1S/C26H45N4O5P/c1-7-34-36(32,35-8-2)23(19-27)22(21-11-17-33-18-12-21)9-10-24(31)30(16-13-26(4,5)6)20(3)25-28-14-15-29-25/h14-15,20-23H,7-13,16-18H2,1-6H3,(H,28,29). The Kier molecular flexibility index (Phi) is 12.1. The molecule has 1 aromatic heterocycles. The van der Waals surface area contributed by atoms with Gasteiger partial charge in [0.05, 0.1) is 25.3 Å². The lowest BCUT2D eigenvalue weighted by Gasteiger charge is -2.36. The number of hydrogen-bond acceptors (Lipinski definition) is 7. The van der Waals surface area contributed by atoms with Crippen LogP contribution in [0.15, 0.2) is 12.4 Å². The Hall–Kier alpha value is -1.72. The molecule has 36 heavy (non-hydrogen) atoms. The lowest BCUT2D eigenvalue weighted by atomic mass is 9.81. The summed E-state index contributed by atoms with van der Waals surface area (Å²) in [6.07, 6.45) is 6.48. The molecule has 1 N–H and O–H groups in total. The molecule has 0 radical (unpaired) electrons. The first-order valence-electron chi connectivity index (χ1n) is 13.2. The second kappa shape index (κ2) is 14.3. The van der Waals surface area contributed by atoms with Crippen molar-refractivity contribution in [2.45, 2.75) is 85.3 Å². The lowest BCUT2D eigenvalue weighted by molar-refractivity contribution is -0.134. The van der Waals surface area contributed by atoms with Crippen LogP contribution in [0.2, 0.25) is 0 Å². The van der Waals surface area contributed by atoms with Crippen LogP contribution < -0.4 is 0 Å². The van der Waals surface area contributed by atoms with E-state index in [4.69, 9.17) is 13.8 Å². The summed E-state index contributed by atoms with van der Waals surface area (Å²) in [7, 11) is -3.67. The first kappa shape index (κ1) is 30.5. The Bertz CT molecular complexity index is 864. The molecule has 1 aromatic rings. The zero-order chi connectivity index (χ0) is 26.8. The van der Waals surface area contributed by atoms with E-state index in [0.29, 0.717) is 26.2 Å². The molecule has 0 saturated carbocycles. The van der Waals surface area contributed by atoms with Gasteiger partial charge in [-0.15, -0.1) is 0 Å². The number of aromatic nitrogens is 2. The molecule has 1 amide bonds. The van der Waals surface area contributed by atoms with Gasteiger partial charge >= 0.3 is 7.60 Å². The molecule has 204 valence electrons. The van der Waals surface area contributed by atoms with Crippen molar-refractivity contribution in [1.29, 1.82) is 5.26 Å². The van der Waals surface area contributed by atoms with Crippen LogP contribution in [0, 0.1) is 28.6 Å². The predicted molar refractivity (Wildman–Crippen MR) is 139 cm³/mol. The monoisotopic (exact) mass is 524 g/mol. The molecule has 10 heteroatoms. The summed E-state index contributed by atoms with van der Waals surface area (Å²) >= 11 is 0. The van der Waals surface area contributed by atoms with E-state index in [9.17, 15) is 14.6 Å². The summed E-state index contributed by atoms with van der Waals surface area (Å²) in [5.74, 6) is 0.552. The van der Waals surface area contributed by atoms with Crippen LogP contribution in [-0.2, 0) is 23.1 Å². The van der Waals surface area contributed by atoms with Gasteiger partial charge in [0, 0.05) is 38.6 Å². The van der Waals surface area contributed by atoms with Crippen LogP contribution in [0.5, 0.6) is 0 Å². The van der Waals surface area contributed by atoms with Crippen molar-refractivity contribution in [2.75, 3.05) is 33.0 Å². The predicted octanol–water partition coefficient (Wildman–Crippen LogP) is 5.72. The van der Waals surface area contributed by atoms with Gasteiger partial charge in [0.15, 0.2) is 5.66 Å². The maximum Gasteiger partial charge on any atom is 0.347 e. The maximum atomic E-state index is 13.7. The third-order valence-corrected chi connectivity index (χ3v) is 9.28. The van der Waals surface area contributed by atoms with E-state index in [1.54, 1.807) is 26.2 Å². The Labute approximate surface area is 216 Å². The van der Waals surface area contributed by atoms with Crippen LogP contribution in [-0.4, -0.2) is 59.4 Å². The highest BCUT2D eigenvalue weighted by Gasteiger charge is 2.45. The number of rotatable bonds is 14. The number of aromatic amines is 1. The summed E-state index contributed by atoms with van der Waals surface area (Å²) in [6, 6.07) is 2.05. The summed E-state index contributed by atoms with van der Waals surface area (Å²) in [6.45, 7) is 14.1. The molecule has 1 aliphatic heterocycles. The van der Waals surface area contributed by atoms with Gasteiger partial charge < -0.3 is 23.7 Å². The van der Waals surface area contributed by atoms with E-state index in [1.165, 1.54) is 0 Å². The van der Waals surface area contributed by atoms with E-state index >= 15 is 0 Å². The van der Waals surface area contributed by atoms with Crippen molar-refractivity contribution in [3.05, 3.63) is 18.2 Å². The van der Waals surface area contributed by atoms with Crippen LogP contribution in [0.3, 0.4) is 0 Å². The number of amides is 1. The molecule has 1 aliphatic rings. The topological polar surface area (TPSA) is 118 Å². The highest BCUT2D eigenvalue weighted by molar-refractivity contribution is 7.55. The van der Waals surface area contributed by atoms with Crippen LogP contribution >= 0.6 is 7.60 Å². The van der Waals surface area contributed by atoms with Crippen LogP contribution in [0.4, 0.5) is 0 Å². The molecular formula is C26H45N4O5P. The Balaban J connectivity index is 2.28. The van der Waals surface area contributed by atoms with Gasteiger partial charge in [-0.05, 0) is 63.7 Å². The molecule has 0 aliphatic carbocycles. The number of ether oxygens (including phenoxy) is 1. The van der Waals surface area contributed by atoms with Gasteiger partial charge in [-0.3, -0.25) is 9.36 Å². The highest BCUT2D eigenvalue weighted by atomic mass is 31.2. The van der Waals surface area contributed by atoms with Crippen molar-refractivity contribution in [3.63, 3.8) is 0 Å². The summed E-state index contributed by atoms with van der Waals surface area (Å²) < 4.78 is 30.4. The Morgan fingerprint density at radius 1 is 1.31 bits per heavy atom. The number of imidazole rings is 1. The fourth-order valence-corrected chi connectivity index (χ4v) is 6.95. The van der Waals surface area contributed by atoms with E-state index < -0.39 is 13.3 Å². The van der Waals surface area contributed by atoms with Gasteiger partial charge in [-0.2, -0.15) is 5.26 Å². The lowest BCUT2D eigenvalue weighted by Crippen LogP contribution is -2.38. The zero-order valence-electron chi connectivity index (χ0n) is 22.9. The molecule has 2 heterocycles. The Morgan fingerprint density at radius 2 is 1.94 bits per heavy atom. The third kappa shape index (κ3) is 8.69. The molecule has 3 unspecified atom stereocenters. The van der Waals surface area contributed by atoms with E-state index in [-0.39, 0.29) is 48.8 Å². The number of carbonyl (C=O) groups excluding carboxylic acids is 1. The fourth-order valence-electron chi connectivity index (χ4n) is 4.83. The fraction of sp³-hybridized carbons (Fsp3) is 0.808. The summed E-state index contributed by atoms with van der Waals surface area (Å²) in [4.78, 5) is 23.0. The smallest absolute Gasteiger partial charge is 0.347 e. The highest BCUT2D eigenvalue weighted by Crippen LogP contribution is 2.57. The first-order valence-corrected chi connectivity index (χ1v) is 14.8. The molecule has 3 atom stereocenters. The van der Waals surface area contributed by atoms with Gasteiger partial charge in [0.2, 0.25) is 5.91 Å². The minimum Gasteiger partial charge on any atom is -0.381 e. The van der Waals surface area contributed by atoms with Crippen molar-refractivity contribution < 1.29 is 23.1 Å². The number of nitriles is 1. The molecule has 1 fully saturated rings. The van der Waals surface area contributed by atoms with Crippen molar-refractivity contribution in [2.24, 2.45) is 17.3 Å². The van der Waals surface area contributed by atoms with Gasteiger partial charge in [-0.1, -0.05) is 20.8 Å². The molecule has 9 nitrogen and oxygen atoms in total. The van der Waals surface area contributed by atoms with Crippen molar-refractivity contribution in [1.82, 2.24) is 14.9 Å². The summed E-state index contributed by atoms with van der Waals surface area (Å²) in [5.41, 5.74) is -0.863. The number of hydrogen-bond donors (Lipinski definition) is 1. The zero-order valence-corrected chi connectivity index (χ0v) is 23.8. The average molecular weight is 525 g/mol. The second-order valence-corrected chi connectivity index (χ2v) is 12.8. The number of carbonyl (C=O) groups is 1. The molecule has 0 spiro atoms. The van der Waals surface area contributed by atoms with Gasteiger partial charge in [0.25, 0.3) is 0 Å². The molecule has 1 saturated heterocycles. The largest absolute Gasteiger partial charge is 0.381 e. The molecule has 0 aromatic carbocycles. The summed E-state index contributed by atoms with van der Waals surface area (Å²) in [5, 5.41) is 10.2. The van der Waals surface area contributed by atoms with Crippen LogP contribution in [0.25, 0.3) is 0 Å². The van der Waals surface area contributed by atoms with Gasteiger partial charge in [0.1, 0.15) is 5.82 Å². The molecular weight excluding hydrogens is 479 g/mol. The second-order valence-electron chi connectivity index (χ2n) is 10.6. The van der Waals surface area contributed by atoms with Crippen molar-refractivity contribution >= 4 is 13.5 Å². The number of nitrogens with one attached hydrogen (secondary N) is 1. The number of nitrogens with zero attached hydrogens (tertiary/aromatic N) is 3. The van der Waals surface area contributed by atoms with Crippen LogP contribution in [0.1, 0.15) is 85.5 Å². The average Bonchev–Trinajstić information content (AvgIpc) is 3.37. The van der Waals surface area contributed by atoms with E-state index in [1.807, 2.05) is 11.8 Å². The molecule has 0 bridgehead atoms. The minimum atomic E-state index is -3.67.